The number of phenols is 1. The SMILES string of the molecule is O=C(Nc1cccc(SCc2cc3ccc(O)cc3oc2=O)c1)/C(=C/c1ccccc1)NC(=O)c1ccccc1. The molecular formula is C32H24N2O5S. The smallest absolute Gasteiger partial charge is 0.340 e. The summed E-state index contributed by atoms with van der Waals surface area (Å²) in [7, 11) is 0. The predicted octanol–water partition coefficient (Wildman–Crippen LogP) is 6.20. The number of carbonyl (C=O) groups excluding carboxylic acids is 2. The molecule has 0 saturated carbocycles. The Bertz CT molecular complexity index is 1770. The molecule has 1 heterocycles. The zero-order valence-electron chi connectivity index (χ0n) is 21.2. The minimum absolute atomic E-state index is 0.0260. The van der Waals surface area contributed by atoms with Crippen LogP contribution in [0.15, 0.2) is 129 Å². The van der Waals surface area contributed by atoms with Crippen molar-refractivity contribution in [3.05, 3.63) is 142 Å². The van der Waals surface area contributed by atoms with Crippen molar-refractivity contribution in [2.75, 3.05) is 5.32 Å². The van der Waals surface area contributed by atoms with Crippen molar-refractivity contribution in [2.24, 2.45) is 0 Å². The van der Waals surface area contributed by atoms with Gasteiger partial charge in [0.2, 0.25) is 0 Å². The van der Waals surface area contributed by atoms with E-state index in [9.17, 15) is 19.5 Å². The van der Waals surface area contributed by atoms with Crippen molar-refractivity contribution in [3.63, 3.8) is 0 Å². The number of carbonyl (C=O) groups is 2. The van der Waals surface area contributed by atoms with Gasteiger partial charge in [-0.1, -0.05) is 54.6 Å². The summed E-state index contributed by atoms with van der Waals surface area (Å²) in [4.78, 5) is 39.4. The molecule has 5 rings (SSSR count). The van der Waals surface area contributed by atoms with Crippen LogP contribution in [0.25, 0.3) is 17.0 Å². The summed E-state index contributed by atoms with van der Waals surface area (Å²) in [6, 6.07) is 31.5. The molecule has 0 aliphatic rings. The minimum Gasteiger partial charge on any atom is -0.508 e. The monoisotopic (exact) mass is 548 g/mol. The number of amides is 2. The van der Waals surface area contributed by atoms with E-state index >= 15 is 0 Å². The fourth-order valence-electron chi connectivity index (χ4n) is 3.92. The van der Waals surface area contributed by atoms with Crippen LogP contribution in [0.4, 0.5) is 5.69 Å². The van der Waals surface area contributed by atoms with Crippen LogP contribution < -0.4 is 16.3 Å². The highest BCUT2D eigenvalue weighted by molar-refractivity contribution is 7.98. The molecule has 0 atom stereocenters. The van der Waals surface area contributed by atoms with Gasteiger partial charge in [-0.25, -0.2) is 4.79 Å². The molecule has 5 aromatic rings. The number of rotatable bonds is 8. The Morgan fingerprint density at radius 3 is 2.38 bits per heavy atom. The molecule has 0 fully saturated rings. The summed E-state index contributed by atoms with van der Waals surface area (Å²) < 4.78 is 5.35. The van der Waals surface area contributed by atoms with E-state index in [1.54, 1.807) is 60.7 Å². The first-order chi connectivity index (χ1) is 19.4. The maximum absolute atomic E-state index is 13.3. The van der Waals surface area contributed by atoms with E-state index in [0.29, 0.717) is 33.5 Å². The normalized spacial score (nSPS) is 11.2. The number of anilines is 1. The van der Waals surface area contributed by atoms with Gasteiger partial charge in [-0.3, -0.25) is 9.59 Å². The lowest BCUT2D eigenvalue weighted by Crippen LogP contribution is -2.30. The van der Waals surface area contributed by atoms with Gasteiger partial charge >= 0.3 is 5.63 Å². The summed E-state index contributed by atoms with van der Waals surface area (Å²) in [5.41, 5.74) is 2.15. The molecule has 0 saturated heterocycles. The van der Waals surface area contributed by atoms with Crippen LogP contribution in [0, 0.1) is 0 Å². The van der Waals surface area contributed by atoms with Crippen LogP contribution >= 0.6 is 11.8 Å². The van der Waals surface area contributed by atoms with Gasteiger partial charge in [-0.2, -0.15) is 0 Å². The zero-order valence-corrected chi connectivity index (χ0v) is 22.0. The molecule has 198 valence electrons. The fraction of sp³-hybridized carbons (Fsp3) is 0.0312. The van der Waals surface area contributed by atoms with E-state index in [0.717, 1.165) is 10.5 Å². The van der Waals surface area contributed by atoms with Crippen molar-refractivity contribution >= 4 is 46.3 Å². The third-order valence-corrected chi connectivity index (χ3v) is 6.96. The highest BCUT2D eigenvalue weighted by atomic mass is 32.2. The third kappa shape index (κ3) is 6.67. The van der Waals surface area contributed by atoms with E-state index in [1.807, 2.05) is 42.5 Å². The molecule has 0 aliphatic heterocycles. The topological polar surface area (TPSA) is 109 Å². The average Bonchev–Trinajstić information content (AvgIpc) is 2.97. The molecular weight excluding hydrogens is 524 g/mol. The standard InChI is InChI=1S/C32H24N2O5S/c35-26-15-14-23-17-24(32(38)39-29(23)19-26)20-40-27-13-7-12-25(18-27)33-31(37)28(16-21-8-3-1-4-9-21)34-30(36)22-10-5-2-6-11-22/h1-19,35H,20H2,(H,33,37)(H,34,36)/b28-16-. The lowest BCUT2D eigenvalue weighted by atomic mass is 10.1. The Labute approximate surface area is 234 Å². The van der Waals surface area contributed by atoms with Gasteiger partial charge in [0.1, 0.15) is 17.0 Å². The van der Waals surface area contributed by atoms with E-state index in [1.165, 1.54) is 23.9 Å². The molecule has 0 unspecified atom stereocenters. The second-order valence-electron chi connectivity index (χ2n) is 8.84. The summed E-state index contributed by atoms with van der Waals surface area (Å²) in [5.74, 6) is -0.499. The molecule has 0 bridgehead atoms. The lowest BCUT2D eigenvalue weighted by molar-refractivity contribution is -0.113. The molecule has 0 radical (unpaired) electrons. The number of phenolic OH excluding ortho intramolecular Hbond substituents is 1. The van der Waals surface area contributed by atoms with Gasteiger partial charge < -0.3 is 20.2 Å². The molecule has 3 N–H and O–H groups in total. The number of hydrogen-bond donors (Lipinski definition) is 3. The van der Waals surface area contributed by atoms with Gasteiger partial charge in [0.25, 0.3) is 11.8 Å². The predicted molar refractivity (Wildman–Crippen MR) is 157 cm³/mol. The van der Waals surface area contributed by atoms with Crippen molar-refractivity contribution in [1.29, 1.82) is 0 Å². The Balaban J connectivity index is 1.32. The molecule has 4 aromatic carbocycles. The molecule has 8 heteroatoms. The summed E-state index contributed by atoms with van der Waals surface area (Å²) in [6.07, 6.45) is 1.62. The Hall–Kier alpha value is -5.08. The lowest BCUT2D eigenvalue weighted by Gasteiger charge is -2.12. The van der Waals surface area contributed by atoms with Gasteiger partial charge in [0.15, 0.2) is 0 Å². The number of benzene rings is 4. The molecule has 0 aliphatic carbocycles. The van der Waals surface area contributed by atoms with E-state index in [-0.39, 0.29) is 11.4 Å². The summed E-state index contributed by atoms with van der Waals surface area (Å²) in [6.45, 7) is 0. The van der Waals surface area contributed by atoms with Crippen molar-refractivity contribution < 1.29 is 19.1 Å². The van der Waals surface area contributed by atoms with Crippen molar-refractivity contribution in [1.82, 2.24) is 5.32 Å². The minimum atomic E-state index is -0.478. The first-order valence-corrected chi connectivity index (χ1v) is 13.4. The first kappa shape index (κ1) is 26.5. The first-order valence-electron chi connectivity index (χ1n) is 12.4. The Morgan fingerprint density at radius 2 is 1.60 bits per heavy atom. The second-order valence-corrected chi connectivity index (χ2v) is 9.89. The highest BCUT2D eigenvalue weighted by Crippen LogP contribution is 2.26. The average molecular weight is 549 g/mol. The van der Waals surface area contributed by atoms with Crippen LogP contribution in [0.3, 0.4) is 0 Å². The van der Waals surface area contributed by atoms with Gasteiger partial charge in [0, 0.05) is 38.9 Å². The molecule has 0 spiro atoms. The molecule has 2 amide bonds. The van der Waals surface area contributed by atoms with Crippen LogP contribution in [0.2, 0.25) is 0 Å². The number of fused-ring (bicyclic) bond motifs is 1. The number of hydrogen-bond acceptors (Lipinski definition) is 6. The Kier molecular flexibility index (Phi) is 8.08. The van der Waals surface area contributed by atoms with E-state index < -0.39 is 17.4 Å². The van der Waals surface area contributed by atoms with Gasteiger partial charge in [-0.05, 0) is 60.2 Å². The van der Waals surface area contributed by atoms with E-state index in [4.69, 9.17) is 4.42 Å². The summed E-state index contributed by atoms with van der Waals surface area (Å²) in [5, 5.41) is 15.9. The van der Waals surface area contributed by atoms with Gasteiger partial charge in [0.05, 0.1) is 0 Å². The zero-order chi connectivity index (χ0) is 27.9. The largest absolute Gasteiger partial charge is 0.508 e. The van der Waals surface area contributed by atoms with Gasteiger partial charge in [-0.15, -0.1) is 11.8 Å². The number of aromatic hydroxyl groups is 1. The van der Waals surface area contributed by atoms with Crippen LogP contribution in [0.5, 0.6) is 5.75 Å². The summed E-state index contributed by atoms with van der Waals surface area (Å²) >= 11 is 1.41. The number of thioether (sulfide) groups is 1. The second kappa shape index (κ2) is 12.2. The van der Waals surface area contributed by atoms with Crippen molar-refractivity contribution in [2.45, 2.75) is 10.6 Å². The third-order valence-electron chi connectivity index (χ3n) is 5.92. The van der Waals surface area contributed by atoms with E-state index in [2.05, 4.69) is 10.6 Å². The van der Waals surface area contributed by atoms with Crippen molar-refractivity contribution in [3.8, 4) is 5.75 Å². The Morgan fingerprint density at radius 1 is 0.850 bits per heavy atom. The number of nitrogens with one attached hydrogen (secondary N) is 2. The molecule has 1 aromatic heterocycles. The molecule has 40 heavy (non-hydrogen) atoms. The highest BCUT2D eigenvalue weighted by Gasteiger charge is 2.15. The fourth-order valence-corrected chi connectivity index (χ4v) is 4.83. The van der Waals surface area contributed by atoms with Crippen LogP contribution in [-0.2, 0) is 10.5 Å². The molecule has 7 nitrogen and oxygen atoms in total. The van der Waals surface area contributed by atoms with Crippen LogP contribution in [-0.4, -0.2) is 16.9 Å². The maximum Gasteiger partial charge on any atom is 0.340 e. The maximum atomic E-state index is 13.3. The quantitative estimate of drug-likeness (QED) is 0.121. The van der Waals surface area contributed by atoms with Crippen LogP contribution in [0.1, 0.15) is 21.5 Å².